The Morgan fingerprint density at radius 2 is 1.71 bits per heavy atom. The first kappa shape index (κ1) is 23.7. The number of thioether (sulfide) groups is 1. The molecule has 1 unspecified atom stereocenters. The molecule has 0 amide bonds. The predicted molar refractivity (Wildman–Crippen MR) is 124 cm³/mol. The molecule has 0 aliphatic rings. The van der Waals surface area contributed by atoms with Gasteiger partial charge in [-0.25, -0.2) is 4.79 Å². The van der Waals surface area contributed by atoms with Crippen molar-refractivity contribution in [3.05, 3.63) is 89.6 Å². The first-order valence-electron chi connectivity index (χ1n) is 10.3. The number of aromatic amines is 1. The number of carboxylic acid groups (broad SMARTS) is 1. The lowest BCUT2D eigenvalue weighted by Crippen LogP contribution is -2.37. The fourth-order valence-corrected chi connectivity index (χ4v) is 4.63. The van der Waals surface area contributed by atoms with Gasteiger partial charge in [0.2, 0.25) is 0 Å². The highest BCUT2D eigenvalue weighted by Crippen LogP contribution is 2.44. The van der Waals surface area contributed by atoms with Gasteiger partial charge in [0.05, 0.1) is 22.5 Å². The molecule has 0 radical (unpaired) electrons. The number of H-pyrrole nitrogens is 1. The van der Waals surface area contributed by atoms with E-state index in [4.69, 9.17) is 4.74 Å². The lowest BCUT2D eigenvalue weighted by Gasteiger charge is -2.22. The molecule has 176 valence electrons. The predicted octanol–water partition coefficient (Wildman–Crippen LogP) is 6.71. The van der Waals surface area contributed by atoms with E-state index < -0.39 is 23.3 Å². The van der Waals surface area contributed by atoms with Gasteiger partial charge in [0.25, 0.3) is 0 Å². The van der Waals surface area contributed by atoms with E-state index in [2.05, 4.69) is 10.2 Å². The molecule has 4 rings (SSSR count). The Morgan fingerprint density at radius 1 is 1.03 bits per heavy atom. The Hall–Kier alpha value is -3.46. The second kappa shape index (κ2) is 9.06. The number of benzene rings is 3. The number of nitrogens with one attached hydrogen (secondary N) is 1. The molecule has 5 nitrogen and oxygen atoms in total. The summed E-state index contributed by atoms with van der Waals surface area (Å²) in [5.74, 6) is -0.679. The summed E-state index contributed by atoms with van der Waals surface area (Å²) in [6.07, 6.45) is -2.71. The van der Waals surface area contributed by atoms with E-state index in [0.717, 1.165) is 33.5 Å². The number of carboxylic acids is 1. The molecule has 9 heteroatoms. The molecule has 0 bridgehead atoms. The van der Waals surface area contributed by atoms with E-state index in [1.807, 2.05) is 18.2 Å². The first-order valence-corrected chi connectivity index (χ1v) is 11.2. The van der Waals surface area contributed by atoms with Crippen molar-refractivity contribution in [3.8, 4) is 5.75 Å². The third-order valence-electron chi connectivity index (χ3n) is 5.31. The number of ether oxygens (including phenoxy) is 1. The Morgan fingerprint density at radius 3 is 2.32 bits per heavy atom. The zero-order chi connectivity index (χ0) is 24.5. The topological polar surface area (TPSA) is 75.2 Å². The highest BCUT2D eigenvalue weighted by molar-refractivity contribution is 7.99. The normalized spacial score (nSPS) is 13.1. The number of aromatic nitrogens is 2. The fraction of sp³-hybridized carbons (Fsp3) is 0.200. The molecule has 1 aromatic heterocycles. The van der Waals surface area contributed by atoms with Crippen molar-refractivity contribution in [3.63, 3.8) is 0 Å². The summed E-state index contributed by atoms with van der Waals surface area (Å²) >= 11 is 1.46. The van der Waals surface area contributed by atoms with Crippen LogP contribution in [-0.4, -0.2) is 26.9 Å². The molecule has 0 saturated heterocycles. The summed E-state index contributed by atoms with van der Waals surface area (Å²) in [6.45, 7) is 2.93. The summed E-state index contributed by atoms with van der Waals surface area (Å²) in [5.41, 5.74) is 0.357. The van der Waals surface area contributed by atoms with Gasteiger partial charge in [-0.1, -0.05) is 24.3 Å². The van der Waals surface area contributed by atoms with Crippen molar-refractivity contribution >= 4 is 28.6 Å². The molecule has 34 heavy (non-hydrogen) atoms. The summed E-state index contributed by atoms with van der Waals surface area (Å²) in [7, 11) is 0. The van der Waals surface area contributed by atoms with Gasteiger partial charge < -0.3 is 9.84 Å². The third-order valence-corrected chi connectivity index (χ3v) is 6.61. The highest BCUT2D eigenvalue weighted by atomic mass is 32.2. The molecule has 0 aliphatic carbocycles. The van der Waals surface area contributed by atoms with Gasteiger partial charge in [0, 0.05) is 10.3 Å². The molecule has 1 atom stereocenters. The number of aliphatic carboxylic acids is 1. The summed E-state index contributed by atoms with van der Waals surface area (Å²) < 4.78 is 44.8. The van der Waals surface area contributed by atoms with Crippen LogP contribution >= 0.6 is 11.8 Å². The zero-order valence-corrected chi connectivity index (χ0v) is 19.1. The summed E-state index contributed by atoms with van der Waals surface area (Å²) in [6, 6.07) is 17.8. The number of halogens is 3. The maximum Gasteiger partial charge on any atom is 0.416 e. The second-order valence-corrected chi connectivity index (χ2v) is 9.36. The van der Waals surface area contributed by atoms with Crippen molar-refractivity contribution in [1.29, 1.82) is 0 Å². The highest BCUT2D eigenvalue weighted by Gasteiger charge is 2.31. The molecule has 0 aliphatic heterocycles. The number of hydrogen-bond donors (Lipinski definition) is 2. The largest absolute Gasteiger partial charge is 0.478 e. The van der Waals surface area contributed by atoms with Crippen LogP contribution in [0, 0.1) is 0 Å². The van der Waals surface area contributed by atoms with E-state index in [0.29, 0.717) is 11.3 Å². The Labute approximate surface area is 198 Å². The lowest BCUT2D eigenvalue weighted by atomic mass is 10.00. The van der Waals surface area contributed by atoms with Gasteiger partial charge in [-0.3, -0.25) is 5.10 Å². The number of nitrogens with zero attached hydrogens (tertiary/aromatic N) is 1. The molecule has 0 spiro atoms. The van der Waals surface area contributed by atoms with Gasteiger partial charge in [-0.15, -0.1) is 11.8 Å². The number of hydrogen-bond acceptors (Lipinski definition) is 4. The summed E-state index contributed by atoms with van der Waals surface area (Å²) in [5, 5.41) is 16.9. The summed E-state index contributed by atoms with van der Waals surface area (Å²) in [4.78, 5) is 12.2. The van der Waals surface area contributed by atoms with Gasteiger partial charge in [-0.2, -0.15) is 18.3 Å². The van der Waals surface area contributed by atoms with Crippen LogP contribution in [0.4, 0.5) is 13.2 Å². The molecule has 2 N–H and O–H groups in total. The molecule has 0 fully saturated rings. The van der Waals surface area contributed by atoms with Crippen LogP contribution in [0.1, 0.15) is 35.8 Å². The average Bonchev–Trinajstić information content (AvgIpc) is 3.27. The van der Waals surface area contributed by atoms with Crippen molar-refractivity contribution in [2.45, 2.75) is 35.8 Å². The first-order chi connectivity index (χ1) is 16.0. The minimum absolute atomic E-state index is 0.314. The maximum absolute atomic E-state index is 13.1. The smallest absolute Gasteiger partial charge is 0.416 e. The van der Waals surface area contributed by atoms with Crippen LogP contribution in [0.5, 0.6) is 5.75 Å². The molecular weight excluding hydrogens is 465 g/mol. The zero-order valence-electron chi connectivity index (χ0n) is 18.3. The van der Waals surface area contributed by atoms with Crippen LogP contribution in [0.15, 0.2) is 77.8 Å². The SMILES string of the molecule is CC(C)(Oc1ccc(SC(c2ccc(C(F)(F)F)cc2)c2cccc3[nH]ncc23)cc1)C(=O)O. The molecule has 3 aromatic carbocycles. The van der Waals surface area contributed by atoms with E-state index in [-0.39, 0.29) is 5.25 Å². The van der Waals surface area contributed by atoms with Gasteiger partial charge >= 0.3 is 12.1 Å². The monoisotopic (exact) mass is 486 g/mol. The van der Waals surface area contributed by atoms with Crippen LogP contribution in [0.2, 0.25) is 0 Å². The quantitative estimate of drug-likeness (QED) is 0.284. The third kappa shape index (κ3) is 5.04. The molecule has 0 saturated carbocycles. The van der Waals surface area contributed by atoms with Gasteiger partial charge in [0.1, 0.15) is 5.75 Å². The van der Waals surface area contributed by atoms with Crippen molar-refractivity contribution in [2.75, 3.05) is 0 Å². The van der Waals surface area contributed by atoms with Crippen molar-refractivity contribution in [1.82, 2.24) is 10.2 Å². The maximum atomic E-state index is 13.1. The number of carbonyl (C=O) groups is 1. The van der Waals surface area contributed by atoms with E-state index >= 15 is 0 Å². The number of fused-ring (bicyclic) bond motifs is 1. The standard InChI is InChI=1S/C25H21F3N2O3S/c1-24(2,23(31)32)33-17-10-12-18(13-11-17)34-22(15-6-8-16(9-7-15)25(26,27)28)19-4-3-5-21-20(19)14-29-30-21/h3-14,22H,1-2H3,(H,29,30)(H,31,32). The van der Waals surface area contributed by atoms with E-state index in [1.54, 1.807) is 30.5 Å². The Bertz CT molecular complexity index is 1300. The molecular formula is C25H21F3N2O3S. The lowest BCUT2D eigenvalue weighted by molar-refractivity contribution is -0.152. The van der Waals surface area contributed by atoms with Gasteiger partial charge in [-0.05, 0) is 67.4 Å². The minimum atomic E-state index is -4.41. The minimum Gasteiger partial charge on any atom is -0.478 e. The fourth-order valence-electron chi connectivity index (χ4n) is 3.44. The van der Waals surface area contributed by atoms with Crippen molar-refractivity contribution < 1.29 is 27.8 Å². The van der Waals surface area contributed by atoms with Crippen molar-refractivity contribution in [2.24, 2.45) is 0 Å². The Balaban J connectivity index is 1.68. The van der Waals surface area contributed by atoms with Crippen LogP contribution in [0.25, 0.3) is 10.9 Å². The van der Waals surface area contributed by atoms with Gasteiger partial charge in [0.15, 0.2) is 5.60 Å². The average molecular weight is 487 g/mol. The second-order valence-electron chi connectivity index (χ2n) is 8.19. The van der Waals surface area contributed by atoms with Crippen LogP contribution < -0.4 is 4.74 Å². The van der Waals surface area contributed by atoms with Crippen LogP contribution in [-0.2, 0) is 11.0 Å². The van der Waals surface area contributed by atoms with E-state index in [9.17, 15) is 23.1 Å². The van der Waals surface area contributed by atoms with Crippen LogP contribution in [0.3, 0.4) is 0 Å². The molecule has 1 heterocycles. The number of rotatable bonds is 7. The number of alkyl halides is 3. The molecule has 4 aromatic rings. The van der Waals surface area contributed by atoms with E-state index in [1.165, 1.54) is 37.7 Å². The Kier molecular flexibility index (Phi) is 6.31.